The average Bonchev–Trinajstić information content (AvgIpc) is 2.30. The van der Waals surface area contributed by atoms with Crippen molar-refractivity contribution in [1.29, 1.82) is 0 Å². The van der Waals surface area contributed by atoms with Gasteiger partial charge in [-0.25, -0.2) is 0 Å². The lowest BCUT2D eigenvalue weighted by molar-refractivity contribution is 0.224. The van der Waals surface area contributed by atoms with Crippen LogP contribution in [0.1, 0.15) is 56.6 Å². The standard InChI is InChI=1S/C16H24O/c1-16(2)9-6-14(7-10-16)15-5-3-4-13(12-15)8-11-17/h3-5,12,14,17H,6-11H2,1-2H3. The van der Waals surface area contributed by atoms with Gasteiger partial charge in [-0.15, -0.1) is 0 Å². The molecule has 1 fully saturated rings. The van der Waals surface area contributed by atoms with E-state index < -0.39 is 0 Å². The Hall–Kier alpha value is -0.820. The second-order valence-electron chi connectivity index (χ2n) is 6.16. The van der Waals surface area contributed by atoms with Crippen LogP contribution >= 0.6 is 0 Å². The lowest BCUT2D eigenvalue weighted by Crippen LogP contribution is -2.20. The molecule has 0 unspecified atom stereocenters. The van der Waals surface area contributed by atoms with Crippen molar-refractivity contribution < 1.29 is 5.11 Å². The molecule has 0 aliphatic heterocycles. The van der Waals surface area contributed by atoms with Crippen molar-refractivity contribution in [1.82, 2.24) is 0 Å². The first kappa shape index (κ1) is 12.6. The van der Waals surface area contributed by atoms with Crippen LogP contribution < -0.4 is 0 Å². The van der Waals surface area contributed by atoms with Gasteiger partial charge in [0.15, 0.2) is 0 Å². The minimum absolute atomic E-state index is 0.251. The van der Waals surface area contributed by atoms with Crippen molar-refractivity contribution in [2.24, 2.45) is 5.41 Å². The zero-order chi connectivity index (χ0) is 12.3. The van der Waals surface area contributed by atoms with Gasteiger partial charge in [0.2, 0.25) is 0 Å². The van der Waals surface area contributed by atoms with Crippen LogP contribution in [0, 0.1) is 5.41 Å². The summed E-state index contributed by atoms with van der Waals surface area (Å²) in [6.45, 7) is 5.01. The average molecular weight is 232 g/mol. The third-order valence-corrected chi connectivity index (χ3v) is 4.16. The van der Waals surface area contributed by atoms with Crippen LogP contribution in [0.25, 0.3) is 0 Å². The number of rotatable bonds is 3. The maximum Gasteiger partial charge on any atom is 0.0471 e. The molecule has 17 heavy (non-hydrogen) atoms. The van der Waals surface area contributed by atoms with Crippen LogP contribution in [-0.4, -0.2) is 11.7 Å². The molecular formula is C16H24O. The Balaban J connectivity index is 2.05. The van der Waals surface area contributed by atoms with Crippen LogP contribution in [0.15, 0.2) is 24.3 Å². The molecule has 1 nitrogen and oxygen atoms in total. The van der Waals surface area contributed by atoms with Gasteiger partial charge in [0, 0.05) is 6.61 Å². The Morgan fingerprint density at radius 3 is 2.59 bits per heavy atom. The molecule has 0 radical (unpaired) electrons. The summed E-state index contributed by atoms with van der Waals surface area (Å²) in [7, 11) is 0. The van der Waals surface area contributed by atoms with Crippen molar-refractivity contribution in [3.63, 3.8) is 0 Å². The van der Waals surface area contributed by atoms with Crippen molar-refractivity contribution in [3.8, 4) is 0 Å². The van der Waals surface area contributed by atoms with Crippen molar-refractivity contribution in [3.05, 3.63) is 35.4 Å². The summed E-state index contributed by atoms with van der Waals surface area (Å²) in [5.74, 6) is 0.738. The quantitative estimate of drug-likeness (QED) is 0.838. The van der Waals surface area contributed by atoms with E-state index >= 15 is 0 Å². The molecule has 1 saturated carbocycles. The number of aliphatic hydroxyl groups is 1. The Labute approximate surface area is 105 Å². The molecule has 1 aromatic carbocycles. The largest absolute Gasteiger partial charge is 0.396 e. The molecule has 1 heteroatoms. The Morgan fingerprint density at radius 2 is 1.94 bits per heavy atom. The Bertz CT molecular complexity index is 358. The van der Waals surface area contributed by atoms with Gasteiger partial charge in [0.05, 0.1) is 0 Å². The van der Waals surface area contributed by atoms with Crippen LogP contribution in [0.4, 0.5) is 0 Å². The van der Waals surface area contributed by atoms with E-state index in [2.05, 4.69) is 38.1 Å². The van der Waals surface area contributed by atoms with E-state index in [0.717, 1.165) is 12.3 Å². The highest BCUT2D eigenvalue weighted by atomic mass is 16.2. The van der Waals surface area contributed by atoms with E-state index in [4.69, 9.17) is 5.11 Å². The van der Waals surface area contributed by atoms with Crippen LogP contribution in [0.5, 0.6) is 0 Å². The fraction of sp³-hybridized carbons (Fsp3) is 0.625. The summed E-state index contributed by atoms with van der Waals surface area (Å²) in [6.07, 6.45) is 6.08. The minimum Gasteiger partial charge on any atom is -0.396 e. The minimum atomic E-state index is 0.251. The summed E-state index contributed by atoms with van der Waals surface area (Å²) in [6, 6.07) is 8.80. The maximum atomic E-state index is 8.99. The third kappa shape index (κ3) is 3.32. The predicted molar refractivity (Wildman–Crippen MR) is 72.2 cm³/mol. The summed E-state index contributed by atoms with van der Waals surface area (Å²) >= 11 is 0. The first-order valence-electron chi connectivity index (χ1n) is 6.80. The van der Waals surface area contributed by atoms with Gasteiger partial charge in [0.1, 0.15) is 0 Å². The van der Waals surface area contributed by atoms with E-state index in [0.29, 0.717) is 5.41 Å². The molecule has 1 aliphatic carbocycles. The van der Waals surface area contributed by atoms with Gasteiger partial charge in [-0.2, -0.15) is 0 Å². The summed E-state index contributed by atoms with van der Waals surface area (Å²) in [4.78, 5) is 0. The van der Waals surface area contributed by atoms with E-state index in [9.17, 15) is 0 Å². The van der Waals surface area contributed by atoms with E-state index in [-0.39, 0.29) is 6.61 Å². The summed E-state index contributed by atoms with van der Waals surface area (Å²) in [5.41, 5.74) is 3.29. The van der Waals surface area contributed by atoms with E-state index in [1.165, 1.54) is 36.8 Å². The molecule has 94 valence electrons. The second kappa shape index (κ2) is 5.22. The zero-order valence-electron chi connectivity index (χ0n) is 11.1. The fourth-order valence-electron chi connectivity index (χ4n) is 2.86. The van der Waals surface area contributed by atoms with Crippen molar-refractivity contribution in [2.75, 3.05) is 6.61 Å². The molecule has 2 rings (SSSR count). The number of benzene rings is 1. The molecule has 0 amide bonds. The maximum absolute atomic E-state index is 8.99. The zero-order valence-corrected chi connectivity index (χ0v) is 11.1. The fourth-order valence-corrected chi connectivity index (χ4v) is 2.86. The molecule has 1 aliphatic rings. The molecule has 0 saturated heterocycles. The molecule has 0 heterocycles. The van der Waals surface area contributed by atoms with Gasteiger partial charge >= 0.3 is 0 Å². The molecule has 0 aromatic heterocycles. The predicted octanol–water partition coefficient (Wildman–Crippen LogP) is 3.91. The monoisotopic (exact) mass is 232 g/mol. The number of aliphatic hydroxyl groups excluding tert-OH is 1. The van der Waals surface area contributed by atoms with Gasteiger partial charge in [0.25, 0.3) is 0 Å². The van der Waals surface area contributed by atoms with Gasteiger partial charge in [-0.3, -0.25) is 0 Å². The molecule has 0 bridgehead atoms. The first-order valence-corrected chi connectivity index (χ1v) is 6.80. The summed E-state index contributed by atoms with van der Waals surface area (Å²) in [5, 5.41) is 8.99. The van der Waals surface area contributed by atoms with E-state index in [1.807, 2.05) is 0 Å². The van der Waals surface area contributed by atoms with Crippen molar-refractivity contribution in [2.45, 2.75) is 51.9 Å². The highest BCUT2D eigenvalue weighted by Crippen LogP contribution is 2.42. The SMILES string of the molecule is CC1(C)CCC(c2cccc(CCO)c2)CC1. The normalized spacial score (nSPS) is 20.4. The Morgan fingerprint density at radius 1 is 1.24 bits per heavy atom. The topological polar surface area (TPSA) is 20.2 Å². The molecular weight excluding hydrogens is 208 g/mol. The molecule has 1 N–H and O–H groups in total. The first-order chi connectivity index (χ1) is 8.11. The van der Waals surface area contributed by atoms with Crippen LogP contribution in [0.3, 0.4) is 0 Å². The Kier molecular flexibility index (Phi) is 3.88. The smallest absolute Gasteiger partial charge is 0.0471 e. The van der Waals surface area contributed by atoms with Crippen LogP contribution in [0.2, 0.25) is 0 Å². The van der Waals surface area contributed by atoms with Gasteiger partial charge in [-0.1, -0.05) is 38.1 Å². The molecule has 0 spiro atoms. The lowest BCUT2D eigenvalue weighted by atomic mass is 9.71. The lowest BCUT2D eigenvalue weighted by Gasteiger charge is -2.34. The van der Waals surface area contributed by atoms with Crippen molar-refractivity contribution >= 4 is 0 Å². The molecule has 1 aromatic rings. The molecule has 0 atom stereocenters. The van der Waals surface area contributed by atoms with Crippen LogP contribution in [-0.2, 0) is 6.42 Å². The number of hydrogen-bond donors (Lipinski definition) is 1. The van der Waals surface area contributed by atoms with Gasteiger partial charge in [-0.05, 0) is 54.6 Å². The third-order valence-electron chi connectivity index (χ3n) is 4.16. The van der Waals surface area contributed by atoms with Gasteiger partial charge < -0.3 is 5.11 Å². The van der Waals surface area contributed by atoms with E-state index in [1.54, 1.807) is 0 Å². The highest BCUT2D eigenvalue weighted by molar-refractivity contribution is 5.27. The summed E-state index contributed by atoms with van der Waals surface area (Å²) < 4.78 is 0. The second-order valence-corrected chi connectivity index (χ2v) is 6.16. The highest BCUT2D eigenvalue weighted by Gasteiger charge is 2.27. The number of hydrogen-bond acceptors (Lipinski definition) is 1.